The largest absolute Gasteiger partial charge is 0.497 e. The van der Waals surface area contributed by atoms with E-state index in [-0.39, 0.29) is 11.1 Å². The Kier molecular flexibility index (Phi) is 5.28. The van der Waals surface area contributed by atoms with Gasteiger partial charge in [0.25, 0.3) is 0 Å². The van der Waals surface area contributed by atoms with Crippen LogP contribution in [-0.2, 0) is 16.7 Å². The van der Waals surface area contributed by atoms with E-state index in [4.69, 9.17) is 14.5 Å². The van der Waals surface area contributed by atoms with Crippen LogP contribution in [0.1, 0.15) is 32.2 Å². The molecule has 9 nitrogen and oxygen atoms in total. The summed E-state index contributed by atoms with van der Waals surface area (Å²) in [5, 5.41) is 8.75. The molecule has 1 aliphatic rings. The molecule has 0 N–H and O–H groups in total. The highest BCUT2D eigenvalue weighted by molar-refractivity contribution is 5.89. The van der Waals surface area contributed by atoms with E-state index in [2.05, 4.69) is 15.1 Å². The van der Waals surface area contributed by atoms with Crippen LogP contribution in [0.15, 0.2) is 41.3 Å². The molecule has 1 aliphatic heterocycles. The topological polar surface area (TPSA) is 86.8 Å². The van der Waals surface area contributed by atoms with E-state index in [0.717, 1.165) is 35.6 Å². The van der Waals surface area contributed by atoms with Gasteiger partial charge in [-0.05, 0) is 23.8 Å². The number of nitrogens with zero attached hydrogens (tertiary/aromatic N) is 6. The Labute approximate surface area is 191 Å². The normalized spacial score (nSPS) is 14.8. The molecule has 172 valence electrons. The van der Waals surface area contributed by atoms with Crippen LogP contribution in [0.4, 0.5) is 5.69 Å². The fraction of sp³-hybridized carbons (Fsp3) is 0.417. The summed E-state index contributed by atoms with van der Waals surface area (Å²) in [6.45, 7) is 9.39. The smallest absolute Gasteiger partial charge is 0.336 e. The zero-order valence-corrected chi connectivity index (χ0v) is 19.4. The third-order valence-corrected chi connectivity index (χ3v) is 5.99. The van der Waals surface area contributed by atoms with E-state index < -0.39 is 0 Å². The van der Waals surface area contributed by atoms with Gasteiger partial charge in [-0.15, -0.1) is 10.2 Å². The van der Waals surface area contributed by atoms with Crippen molar-refractivity contribution in [2.45, 2.75) is 32.7 Å². The molecule has 3 aromatic heterocycles. The summed E-state index contributed by atoms with van der Waals surface area (Å²) in [5.41, 5.74) is 3.30. The lowest BCUT2D eigenvalue weighted by molar-refractivity contribution is 0.122. The minimum atomic E-state index is -0.349. The maximum absolute atomic E-state index is 13.8. The van der Waals surface area contributed by atoms with Gasteiger partial charge < -0.3 is 14.4 Å². The molecule has 0 bridgehead atoms. The number of hydrogen-bond acceptors (Lipinski definition) is 7. The number of fused-ring (bicyclic) bond motifs is 3. The van der Waals surface area contributed by atoms with E-state index >= 15 is 0 Å². The number of pyridine rings is 1. The third-order valence-electron chi connectivity index (χ3n) is 5.99. The van der Waals surface area contributed by atoms with E-state index in [9.17, 15) is 4.79 Å². The lowest BCUT2D eigenvalue weighted by Gasteiger charge is -2.28. The molecule has 1 aromatic carbocycles. The van der Waals surface area contributed by atoms with Crippen LogP contribution in [0.3, 0.4) is 0 Å². The molecule has 0 aliphatic carbocycles. The molecule has 0 amide bonds. The van der Waals surface area contributed by atoms with Gasteiger partial charge in [-0.3, -0.25) is 4.57 Å². The van der Waals surface area contributed by atoms with Gasteiger partial charge in [0.05, 0.1) is 44.3 Å². The predicted octanol–water partition coefficient (Wildman–Crippen LogP) is 2.63. The van der Waals surface area contributed by atoms with Crippen molar-refractivity contribution in [1.29, 1.82) is 0 Å². The third kappa shape index (κ3) is 3.82. The molecule has 0 spiro atoms. The lowest BCUT2D eigenvalue weighted by atomic mass is 9.96. The Morgan fingerprint density at radius 1 is 1.09 bits per heavy atom. The van der Waals surface area contributed by atoms with Gasteiger partial charge in [-0.2, -0.15) is 0 Å². The van der Waals surface area contributed by atoms with Crippen molar-refractivity contribution >= 4 is 22.4 Å². The van der Waals surface area contributed by atoms with Gasteiger partial charge >= 0.3 is 5.69 Å². The van der Waals surface area contributed by atoms with Gasteiger partial charge in [-0.25, -0.2) is 14.2 Å². The van der Waals surface area contributed by atoms with Gasteiger partial charge in [-0.1, -0.05) is 32.9 Å². The number of benzene rings is 1. The summed E-state index contributed by atoms with van der Waals surface area (Å²) >= 11 is 0. The Hall–Kier alpha value is -3.46. The summed E-state index contributed by atoms with van der Waals surface area (Å²) < 4.78 is 14.1. The van der Waals surface area contributed by atoms with Gasteiger partial charge in [0.1, 0.15) is 17.1 Å². The van der Waals surface area contributed by atoms with E-state index in [1.165, 1.54) is 0 Å². The SMILES string of the molecule is COc1ccc(Cn2c(=O)n3c(C(C)(C)C)nnc3c3ncc(N4CCOCC4)cc32)cc1. The van der Waals surface area contributed by atoms with Crippen molar-refractivity contribution in [3.05, 3.63) is 58.4 Å². The van der Waals surface area contributed by atoms with Gasteiger partial charge in [0, 0.05) is 18.5 Å². The maximum Gasteiger partial charge on any atom is 0.336 e. The zero-order valence-electron chi connectivity index (χ0n) is 19.4. The number of morpholine rings is 1. The first kappa shape index (κ1) is 21.4. The summed E-state index contributed by atoms with van der Waals surface area (Å²) in [5.74, 6) is 1.39. The Morgan fingerprint density at radius 2 is 1.82 bits per heavy atom. The average molecular weight is 449 g/mol. The first-order valence-electron chi connectivity index (χ1n) is 11.1. The van der Waals surface area contributed by atoms with E-state index in [1.54, 1.807) is 16.1 Å². The van der Waals surface area contributed by atoms with Crippen LogP contribution in [0.2, 0.25) is 0 Å². The molecule has 0 saturated carbocycles. The Bertz CT molecular complexity index is 1360. The number of ether oxygens (including phenoxy) is 2. The standard InChI is InChI=1S/C24H28N6O3/c1-24(2,3)22-27-26-21-20-19(13-17(14-25-20)28-9-11-33-12-10-28)29(23(31)30(21)22)15-16-5-7-18(32-4)8-6-16/h5-8,13-14H,9-12,15H2,1-4H3. The van der Waals surface area contributed by atoms with Crippen molar-refractivity contribution in [3.63, 3.8) is 0 Å². The fourth-order valence-corrected chi connectivity index (χ4v) is 4.21. The van der Waals surface area contributed by atoms with Crippen LogP contribution in [0, 0.1) is 0 Å². The van der Waals surface area contributed by atoms with Crippen molar-refractivity contribution in [2.24, 2.45) is 0 Å². The number of aromatic nitrogens is 5. The number of rotatable bonds is 4. The van der Waals surface area contributed by atoms with Gasteiger partial charge in [0.2, 0.25) is 0 Å². The minimum absolute atomic E-state index is 0.177. The molecule has 4 heterocycles. The lowest BCUT2D eigenvalue weighted by Crippen LogP contribution is -2.36. The van der Waals surface area contributed by atoms with Crippen molar-refractivity contribution in [2.75, 3.05) is 38.3 Å². The molecule has 0 unspecified atom stereocenters. The monoisotopic (exact) mass is 448 g/mol. The Balaban J connectivity index is 1.74. The molecule has 1 saturated heterocycles. The highest BCUT2D eigenvalue weighted by Crippen LogP contribution is 2.26. The predicted molar refractivity (Wildman–Crippen MR) is 126 cm³/mol. The molecule has 0 radical (unpaired) electrons. The second-order valence-corrected chi connectivity index (χ2v) is 9.31. The Morgan fingerprint density at radius 3 is 2.48 bits per heavy atom. The van der Waals surface area contributed by atoms with Crippen molar-refractivity contribution < 1.29 is 9.47 Å². The molecule has 9 heteroatoms. The minimum Gasteiger partial charge on any atom is -0.497 e. The van der Waals surface area contributed by atoms with Crippen LogP contribution in [0.25, 0.3) is 16.7 Å². The summed E-state index contributed by atoms with van der Waals surface area (Å²) in [6, 6.07) is 9.77. The zero-order chi connectivity index (χ0) is 23.2. The second-order valence-electron chi connectivity index (χ2n) is 9.31. The molecule has 5 rings (SSSR count). The molecular weight excluding hydrogens is 420 g/mol. The first-order chi connectivity index (χ1) is 15.9. The van der Waals surface area contributed by atoms with Crippen molar-refractivity contribution in [3.8, 4) is 5.75 Å². The summed E-state index contributed by atoms with van der Waals surface area (Å²) in [6.07, 6.45) is 1.85. The molecule has 1 fully saturated rings. The van der Waals surface area contributed by atoms with Crippen LogP contribution < -0.4 is 15.3 Å². The molecule has 0 atom stereocenters. The van der Waals surface area contributed by atoms with Crippen LogP contribution in [0.5, 0.6) is 5.75 Å². The molecular formula is C24H28N6O3. The number of hydrogen-bond donors (Lipinski definition) is 0. The van der Waals surface area contributed by atoms with Crippen LogP contribution >= 0.6 is 0 Å². The molecule has 33 heavy (non-hydrogen) atoms. The first-order valence-corrected chi connectivity index (χ1v) is 11.1. The van der Waals surface area contributed by atoms with Crippen molar-refractivity contribution in [1.82, 2.24) is 24.1 Å². The van der Waals surface area contributed by atoms with Crippen LogP contribution in [-0.4, -0.2) is 57.6 Å². The van der Waals surface area contributed by atoms with E-state index in [0.29, 0.717) is 36.7 Å². The molecule has 4 aromatic rings. The summed E-state index contributed by atoms with van der Waals surface area (Å²) in [4.78, 5) is 20.8. The fourth-order valence-electron chi connectivity index (χ4n) is 4.21. The highest BCUT2D eigenvalue weighted by atomic mass is 16.5. The second kappa shape index (κ2) is 8.15. The maximum atomic E-state index is 13.8. The average Bonchev–Trinajstić information content (AvgIpc) is 3.29. The van der Waals surface area contributed by atoms with Gasteiger partial charge in [0.15, 0.2) is 5.65 Å². The summed E-state index contributed by atoms with van der Waals surface area (Å²) in [7, 11) is 1.64. The highest BCUT2D eigenvalue weighted by Gasteiger charge is 2.26. The number of anilines is 1. The number of methoxy groups -OCH3 is 1. The van der Waals surface area contributed by atoms with E-state index in [1.807, 2.05) is 57.3 Å². The quantitative estimate of drug-likeness (QED) is 0.474.